The highest BCUT2D eigenvalue weighted by Crippen LogP contribution is 2.25. The minimum Gasteiger partial charge on any atom is -0.380 e. The van der Waals surface area contributed by atoms with Gasteiger partial charge in [0, 0.05) is 14.2 Å². The fourth-order valence-electron chi connectivity index (χ4n) is 1.61. The number of hydrogen-bond acceptors (Lipinski definition) is 3. The molecule has 0 aliphatic carbocycles. The Hall–Kier alpha value is -0.580. The summed E-state index contributed by atoms with van der Waals surface area (Å²) in [5.74, 6) is 0. The van der Waals surface area contributed by atoms with E-state index >= 15 is 0 Å². The Balaban J connectivity index is 2.98. The number of aryl methyl sites for hydroxylation is 1. The molecule has 0 aromatic carbocycles. The van der Waals surface area contributed by atoms with Crippen LogP contribution in [0.2, 0.25) is 5.02 Å². The van der Waals surface area contributed by atoms with Gasteiger partial charge in [-0.25, -0.2) is 0 Å². The summed E-state index contributed by atoms with van der Waals surface area (Å²) in [6, 6.07) is 0.0694. The third-order valence-corrected chi connectivity index (χ3v) is 2.79. The summed E-state index contributed by atoms with van der Waals surface area (Å²) in [6.07, 6.45) is 1.71. The van der Waals surface area contributed by atoms with E-state index in [-0.39, 0.29) is 12.1 Å². The summed E-state index contributed by atoms with van der Waals surface area (Å²) in [5.41, 5.74) is 0.966. The smallest absolute Gasteiger partial charge is 0.0835 e. The van der Waals surface area contributed by atoms with Crippen molar-refractivity contribution >= 4 is 11.6 Å². The van der Waals surface area contributed by atoms with E-state index in [1.54, 1.807) is 18.0 Å². The predicted molar refractivity (Wildman–Crippen MR) is 61.1 cm³/mol. The Morgan fingerprint density at radius 2 is 2.33 bits per heavy atom. The number of ether oxygens (including phenoxy) is 1. The van der Waals surface area contributed by atoms with Gasteiger partial charge in [-0.05, 0) is 13.5 Å². The second kappa shape index (κ2) is 5.49. The Labute approximate surface area is 95.6 Å². The van der Waals surface area contributed by atoms with Crippen LogP contribution in [-0.2, 0) is 11.8 Å². The number of likely N-dealkylation sites (N-methyl/N-ethyl adjacent to an activating group) is 1. The van der Waals surface area contributed by atoms with Crippen molar-refractivity contribution < 1.29 is 4.74 Å². The monoisotopic (exact) mass is 231 g/mol. The molecule has 0 radical (unpaired) electrons. The van der Waals surface area contributed by atoms with Crippen LogP contribution in [0, 0.1) is 0 Å². The van der Waals surface area contributed by atoms with Crippen LogP contribution in [0.3, 0.4) is 0 Å². The van der Waals surface area contributed by atoms with E-state index in [1.165, 1.54) is 0 Å². The normalized spacial score (nSPS) is 15.3. The molecular formula is C10H18ClN3O. The molecule has 86 valence electrons. The zero-order valence-electron chi connectivity index (χ0n) is 9.62. The molecule has 1 N–H and O–H groups in total. The SMILES string of the molecule is CCNC(c1c(Cl)cnn1C)C(C)OC. The van der Waals surface area contributed by atoms with Crippen LogP contribution in [0.25, 0.3) is 0 Å². The average molecular weight is 232 g/mol. The summed E-state index contributed by atoms with van der Waals surface area (Å²) in [5, 5.41) is 8.15. The van der Waals surface area contributed by atoms with Crippen LogP contribution < -0.4 is 5.32 Å². The van der Waals surface area contributed by atoms with Gasteiger partial charge in [0.05, 0.1) is 29.1 Å². The molecule has 0 amide bonds. The molecular weight excluding hydrogens is 214 g/mol. The van der Waals surface area contributed by atoms with Gasteiger partial charge in [-0.3, -0.25) is 4.68 Å². The molecule has 1 rings (SSSR count). The van der Waals surface area contributed by atoms with Crippen molar-refractivity contribution in [3.8, 4) is 0 Å². The van der Waals surface area contributed by atoms with Crippen LogP contribution in [0.4, 0.5) is 0 Å². The molecule has 0 bridgehead atoms. The maximum atomic E-state index is 6.10. The second-order valence-electron chi connectivity index (χ2n) is 3.48. The Kier molecular flexibility index (Phi) is 4.57. The number of rotatable bonds is 5. The molecule has 1 aromatic rings. The Morgan fingerprint density at radius 3 is 2.73 bits per heavy atom. The Morgan fingerprint density at radius 1 is 1.67 bits per heavy atom. The number of halogens is 1. The van der Waals surface area contributed by atoms with Crippen molar-refractivity contribution in [3.63, 3.8) is 0 Å². The fourth-order valence-corrected chi connectivity index (χ4v) is 1.89. The van der Waals surface area contributed by atoms with Crippen LogP contribution in [0.15, 0.2) is 6.20 Å². The average Bonchev–Trinajstić information content (AvgIpc) is 2.55. The second-order valence-corrected chi connectivity index (χ2v) is 3.88. The number of nitrogens with one attached hydrogen (secondary N) is 1. The molecule has 1 aromatic heterocycles. The van der Waals surface area contributed by atoms with E-state index in [4.69, 9.17) is 16.3 Å². The Bertz CT molecular complexity index is 294. The van der Waals surface area contributed by atoms with Crippen LogP contribution in [-0.4, -0.2) is 29.5 Å². The van der Waals surface area contributed by atoms with Crippen molar-refractivity contribution in [2.45, 2.75) is 26.0 Å². The molecule has 0 fully saturated rings. The first kappa shape index (κ1) is 12.5. The van der Waals surface area contributed by atoms with Gasteiger partial charge >= 0.3 is 0 Å². The van der Waals surface area contributed by atoms with Gasteiger partial charge in [0.25, 0.3) is 0 Å². The summed E-state index contributed by atoms with van der Waals surface area (Å²) < 4.78 is 7.12. The minimum atomic E-state index is 0.0536. The van der Waals surface area contributed by atoms with E-state index < -0.39 is 0 Å². The minimum absolute atomic E-state index is 0.0536. The molecule has 1 heterocycles. The topological polar surface area (TPSA) is 39.1 Å². The zero-order chi connectivity index (χ0) is 11.4. The third-order valence-electron chi connectivity index (χ3n) is 2.50. The maximum absolute atomic E-state index is 6.10. The zero-order valence-corrected chi connectivity index (χ0v) is 10.4. The molecule has 5 heteroatoms. The van der Waals surface area contributed by atoms with Gasteiger partial charge in [0.15, 0.2) is 0 Å². The van der Waals surface area contributed by atoms with Gasteiger partial charge in [0.2, 0.25) is 0 Å². The molecule has 4 nitrogen and oxygen atoms in total. The lowest BCUT2D eigenvalue weighted by Crippen LogP contribution is -2.33. The molecule has 0 saturated carbocycles. The van der Waals surface area contributed by atoms with Crippen molar-refractivity contribution in [1.29, 1.82) is 0 Å². The van der Waals surface area contributed by atoms with E-state index in [0.717, 1.165) is 12.2 Å². The van der Waals surface area contributed by atoms with Gasteiger partial charge < -0.3 is 10.1 Å². The molecule has 0 saturated heterocycles. The summed E-state index contributed by atoms with van der Waals surface area (Å²) >= 11 is 6.10. The fraction of sp³-hybridized carbons (Fsp3) is 0.700. The largest absolute Gasteiger partial charge is 0.380 e. The first-order valence-electron chi connectivity index (χ1n) is 5.05. The van der Waals surface area contributed by atoms with Crippen LogP contribution in [0.1, 0.15) is 25.6 Å². The van der Waals surface area contributed by atoms with E-state index in [0.29, 0.717) is 5.02 Å². The summed E-state index contributed by atoms with van der Waals surface area (Å²) in [7, 11) is 3.58. The maximum Gasteiger partial charge on any atom is 0.0835 e. The standard InChI is InChI=1S/C10H18ClN3O/c1-5-12-9(7(2)15-4)10-8(11)6-13-14(10)3/h6-7,9,12H,5H2,1-4H3. The molecule has 0 aliphatic rings. The molecule has 0 aliphatic heterocycles. The quantitative estimate of drug-likeness (QED) is 0.840. The molecule has 2 atom stereocenters. The third kappa shape index (κ3) is 2.71. The first-order chi connectivity index (χ1) is 7.11. The van der Waals surface area contributed by atoms with Gasteiger partial charge in [0.1, 0.15) is 0 Å². The number of nitrogens with zero attached hydrogens (tertiary/aromatic N) is 2. The van der Waals surface area contributed by atoms with E-state index in [9.17, 15) is 0 Å². The lowest BCUT2D eigenvalue weighted by Gasteiger charge is -2.24. The predicted octanol–water partition coefficient (Wildman–Crippen LogP) is 1.76. The van der Waals surface area contributed by atoms with Crippen molar-refractivity contribution in [2.24, 2.45) is 7.05 Å². The van der Waals surface area contributed by atoms with Crippen molar-refractivity contribution in [3.05, 3.63) is 16.9 Å². The van der Waals surface area contributed by atoms with Gasteiger partial charge in [-0.2, -0.15) is 5.10 Å². The number of hydrogen-bond donors (Lipinski definition) is 1. The summed E-state index contributed by atoms with van der Waals surface area (Å²) in [6.45, 7) is 4.93. The lowest BCUT2D eigenvalue weighted by atomic mass is 10.1. The first-order valence-corrected chi connectivity index (χ1v) is 5.43. The lowest BCUT2D eigenvalue weighted by molar-refractivity contribution is 0.0809. The number of aromatic nitrogens is 2. The number of methoxy groups -OCH3 is 1. The molecule has 15 heavy (non-hydrogen) atoms. The van der Waals surface area contributed by atoms with E-state index in [1.807, 2.05) is 14.0 Å². The van der Waals surface area contributed by atoms with E-state index in [2.05, 4.69) is 17.3 Å². The van der Waals surface area contributed by atoms with Gasteiger partial charge in [-0.15, -0.1) is 0 Å². The van der Waals surface area contributed by atoms with Crippen LogP contribution >= 0.6 is 11.6 Å². The summed E-state index contributed by atoms with van der Waals surface area (Å²) in [4.78, 5) is 0. The van der Waals surface area contributed by atoms with Gasteiger partial charge in [-0.1, -0.05) is 18.5 Å². The highest BCUT2D eigenvalue weighted by molar-refractivity contribution is 6.31. The van der Waals surface area contributed by atoms with Crippen molar-refractivity contribution in [1.82, 2.24) is 15.1 Å². The molecule has 2 unspecified atom stereocenters. The van der Waals surface area contributed by atoms with Crippen LogP contribution in [0.5, 0.6) is 0 Å². The van der Waals surface area contributed by atoms with Crippen molar-refractivity contribution in [2.75, 3.05) is 13.7 Å². The molecule has 0 spiro atoms. The highest BCUT2D eigenvalue weighted by Gasteiger charge is 2.23. The highest BCUT2D eigenvalue weighted by atomic mass is 35.5.